The van der Waals surface area contributed by atoms with Gasteiger partial charge in [-0.2, -0.15) is 0 Å². The second-order valence-corrected chi connectivity index (χ2v) is 5.41. The lowest BCUT2D eigenvalue weighted by Gasteiger charge is -2.27. The van der Waals surface area contributed by atoms with Gasteiger partial charge >= 0.3 is 0 Å². The molecule has 1 saturated carbocycles. The number of hydrogen-bond acceptors (Lipinski definition) is 3. The van der Waals surface area contributed by atoms with Gasteiger partial charge in [-0.1, -0.05) is 6.92 Å². The molecule has 0 amide bonds. The van der Waals surface area contributed by atoms with Crippen LogP contribution in [0.4, 0.5) is 0 Å². The average molecular weight is 225 g/mol. The van der Waals surface area contributed by atoms with Crippen molar-refractivity contribution in [2.45, 2.75) is 44.7 Å². The van der Waals surface area contributed by atoms with E-state index in [0.29, 0.717) is 0 Å². The van der Waals surface area contributed by atoms with E-state index in [1.54, 1.807) is 0 Å². The van der Waals surface area contributed by atoms with Crippen molar-refractivity contribution in [2.24, 2.45) is 0 Å². The molecule has 2 unspecified atom stereocenters. The Labute approximate surface area is 100 Å². The van der Waals surface area contributed by atoms with E-state index >= 15 is 0 Å². The first-order chi connectivity index (χ1) is 7.79. The van der Waals surface area contributed by atoms with Crippen LogP contribution in [0.25, 0.3) is 0 Å². The third-order valence-electron chi connectivity index (χ3n) is 4.17. The van der Waals surface area contributed by atoms with Gasteiger partial charge in [0.15, 0.2) is 0 Å². The molecule has 0 aromatic heterocycles. The SMILES string of the molecule is CCNC1CCC(N2CCCN(C)CC2)C1. The first-order valence-electron chi connectivity index (χ1n) is 6.95. The maximum atomic E-state index is 3.60. The van der Waals surface area contributed by atoms with Crippen LogP contribution in [0, 0.1) is 0 Å². The molecule has 0 aromatic rings. The smallest absolute Gasteiger partial charge is 0.0112 e. The lowest BCUT2D eigenvalue weighted by Crippen LogP contribution is -2.38. The normalized spacial score (nSPS) is 34.1. The molecule has 2 aliphatic rings. The van der Waals surface area contributed by atoms with Crippen LogP contribution in [-0.2, 0) is 0 Å². The van der Waals surface area contributed by atoms with Crippen molar-refractivity contribution in [2.75, 3.05) is 39.8 Å². The van der Waals surface area contributed by atoms with Gasteiger partial charge in [0, 0.05) is 25.2 Å². The minimum absolute atomic E-state index is 0.788. The first kappa shape index (κ1) is 12.3. The Bertz CT molecular complexity index is 207. The Kier molecular flexibility index (Phi) is 4.62. The summed E-state index contributed by atoms with van der Waals surface area (Å²) in [5.74, 6) is 0. The maximum Gasteiger partial charge on any atom is 0.0112 e. The quantitative estimate of drug-likeness (QED) is 0.777. The van der Waals surface area contributed by atoms with E-state index in [0.717, 1.165) is 18.6 Å². The molecule has 3 heteroatoms. The molecule has 1 heterocycles. The Morgan fingerprint density at radius 1 is 1.12 bits per heavy atom. The van der Waals surface area contributed by atoms with Crippen molar-refractivity contribution in [1.29, 1.82) is 0 Å². The summed E-state index contributed by atoms with van der Waals surface area (Å²) in [5, 5.41) is 3.60. The molecule has 2 rings (SSSR count). The number of hydrogen-bond donors (Lipinski definition) is 1. The summed E-state index contributed by atoms with van der Waals surface area (Å²) in [6.45, 7) is 8.46. The highest BCUT2D eigenvalue weighted by atomic mass is 15.2. The van der Waals surface area contributed by atoms with E-state index in [4.69, 9.17) is 0 Å². The molecule has 94 valence electrons. The molecule has 1 aliphatic carbocycles. The summed E-state index contributed by atoms with van der Waals surface area (Å²) in [6.07, 6.45) is 5.50. The number of rotatable bonds is 3. The summed E-state index contributed by atoms with van der Waals surface area (Å²) in [7, 11) is 2.25. The van der Waals surface area contributed by atoms with Crippen LogP contribution in [0.3, 0.4) is 0 Å². The maximum absolute atomic E-state index is 3.60. The van der Waals surface area contributed by atoms with Gasteiger partial charge in [-0.05, 0) is 52.4 Å². The lowest BCUT2D eigenvalue weighted by atomic mass is 10.2. The summed E-state index contributed by atoms with van der Waals surface area (Å²) in [6, 6.07) is 1.64. The molecular formula is C13H27N3. The lowest BCUT2D eigenvalue weighted by molar-refractivity contribution is 0.202. The fraction of sp³-hybridized carbons (Fsp3) is 1.00. The van der Waals surface area contributed by atoms with Crippen LogP contribution in [0.1, 0.15) is 32.6 Å². The first-order valence-corrected chi connectivity index (χ1v) is 6.95. The van der Waals surface area contributed by atoms with Crippen LogP contribution in [0.2, 0.25) is 0 Å². The van der Waals surface area contributed by atoms with Gasteiger partial charge in [-0.15, -0.1) is 0 Å². The van der Waals surface area contributed by atoms with Gasteiger partial charge in [0.05, 0.1) is 0 Å². The van der Waals surface area contributed by atoms with Crippen molar-refractivity contribution in [3.8, 4) is 0 Å². The minimum atomic E-state index is 0.788. The van der Waals surface area contributed by atoms with Crippen molar-refractivity contribution < 1.29 is 0 Å². The summed E-state index contributed by atoms with van der Waals surface area (Å²) < 4.78 is 0. The Hall–Kier alpha value is -0.120. The van der Waals surface area contributed by atoms with Crippen LogP contribution >= 0.6 is 0 Å². The van der Waals surface area contributed by atoms with Gasteiger partial charge in [0.25, 0.3) is 0 Å². The zero-order chi connectivity index (χ0) is 11.4. The van der Waals surface area contributed by atoms with Crippen LogP contribution in [0.15, 0.2) is 0 Å². The third-order valence-corrected chi connectivity index (χ3v) is 4.17. The van der Waals surface area contributed by atoms with Gasteiger partial charge in [0.2, 0.25) is 0 Å². The van der Waals surface area contributed by atoms with Gasteiger partial charge < -0.3 is 10.2 Å². The molecule has 0 aromatic carbocycles. The van der Waals surface area contributed by atoms with Crippen LogP contribution < -0.4 is 5.32 Å². The van der Waals surface area contributed by atoms with Gasteiger partial charge in [-0.3, -0.25) is 4.90 Å². The van der Waals surface area contributed by atoms with E-state index in [1.807, 2.05) is 0 Å². The van der Waals surface area contributed by atoms with Crippen LogP contribution in [-0.4, -0.2) is 61.7 Å². The predicted octanol–water partition coefficient (Wildman–Crippen LogP) is 1.15. The Morgan fingerprint density at radius 2 is 2.00 bits per heavy atom. The predicted molar refractivity (Wildman–Crippen MR) is 68.8 cm³/mol. The fourth-order valence-electron chi connectivity index (χ4n) is 3.20. The van der Waals surface area contributed by atoms with E-state index in [-0.39, 0.29) is 0 Å². The molecule has 2 atom stereocenters. The Morgan fingerprint density at radius 3 is 2.81 bits per heavy atom. The zero-order valence-corrected chi connectivity index (χ0v) is 10.9. The average Bonchev–Trinajstić information content (AvgIpc) is 2.62. The zero-order valence-electron chi connectivity index (χ0n) is 10.9. The molecule has 2 fully saturated rings. The molecule has 1 aliphatic heterocycles. The third kappa shape index (κ3) is 3.19. The molecule has 1 saturated heterocycles. The van der Waals surface area contributed by atoms with Crippen molar-refractivity contribution in [1.82, 2.24) is 15.1 Å². The fourth-order valence-corrected chi connectivity index (χ4v) is 3.20. The van der Waals surface area contributed by atoms with E-state index in [2.05, 4.69) is 29.1 Å². The van der Waals surface area contributed by atoms with Crippen molar-refractivity contribution in [3.05, 3.63) is 0 Å². The minimum Gasteiger partial charge on any atom is -0.314 e. The Balaban J connectivity index is 1.79. The molecule has 0 spiro atoms. The molecule has 0 radical (unpaired) electrons. The monoisotopic (exact) mass is 225 g/mol. The van der Waals surface area contributed by atoms with E-state index in [1.165, 1.54) is 51.9 Å². The summed E-state index contributed by atoms with van der Waals surface area (Å²) >= 11 is 0. The van der Waals surface area contributed by atoms with Crippen LogP contribution in [0.5, 0.6) is 0 Å². The number of likely N-dealkylation sites (N-methyl/N-ethyl adjacent to an activating group) is 1. The molecule has 3 nitrogen and oxygen atoms in total. The van der Waals surface area contributed by atoms with Crippen molar-refractivity contribution >= 4 is 0 Å². The summed E-state index contributed by atoms with van der Waals surface area (Å²) in [4.78, 5) is 5.21. The molecule has 0 bridgehead atoms. The van der Waals surface area contributed by atoms with E-state index in [9.17, 15) is 0 Å². The highest BCUT2D eigenvalue weighted by Crippen LogP contribution is 2.24. The second kappa shape index (κ2) is 5.99. The number of nitrogens with one attached hydrogen (secondary N) is 1. The van der Waals surface area contributed by atoms with E-state index < -0.39 is 0 Å². The van der Waals surface area contributed by atoms with Crippen molar-refractivity contribution in [3.63, 3.8) is 0 Å². The molecule has 1 N–H and O–H groups in total. The summed E-state index contributed by atoms with van der Waals surface area (Å²) in [5.41, 5.74) is 0. The molecular weight excluding hydrogens is 198 g/mol. The van der Waals surface area contributed by atoms with Gasteiger partial charge in [-0.25, -0.2) is 0 Å². The highest BCUT2D eigenvalue weighted by Gasteiger charge is 2.29. The highest BCUT2D eigenvalue weighted by molar-refractivity contribution is 4.87. The largest absolute Gasteiger partial charge is 0.314 e. The van der Waals surface area contributed by atoms with Gasteiger partial charge in [0.1, 0.15) is 0 Å². The number of nitrogens with zero attached hydrogens (tertiary/aromatic N) is 2. The standard InChI is InChI=1S/C13H27N3/c1-3-14-12-5-6-13(11-12)16-8-4-7-15(2)9-10-16/h12-14H,3-11H2,1-2H3. The molecule has 16 heavy (non-hydrogen) atoms. The second-order valence-electron chi connectivity index (χ2n) is 5.41. The topological polar surface area (TPSA) is 18.5 Å².